The molecule has 1 amide bonds. The summed E-state index contributed by atoms with van der Waals surface area (Å²) in [6, 6.07) is 0. The second kappa shape index (κ2) is 6.28. The van der Waals surface area contributed by atoms with Crippen molar-refractivity contribution >= 4 is 11.7 Å². The second-order valence-corrected chi connectivity index (χ2v) is 8.54. The largest absolute Gasteiger partial charge is 0.356 e. The van der Waals surface area contributed by atoms with Gasteiger partial charge < -0.3 is 5.32 Å². The second-order valence-electron chi connectivity index (χ2n) is 8.54. The predicted octanol–water partition coefficient (Wildman–Crippen LogP) is 3.82. The fourth-order valence-corrected chi connectivity index (χ4v) is 2.10. The van der Waals surface area contributed by atoms with Crippen LogP contribution < -0.4 is 5.32 Å². The summed E-state index contributed by atoms with van der Waals surface area (Å²) in [7, 11) is 0. The van der Waals surface area contributed by atoms with E-state index in [1.807, 2.05) is 41.5 Å². The Morgan fingerprint density at radius 2 is 1.40 bits per heavy atom. The number of carbonyl (C=O) groups excluding carboxylic acids is 2. The summed E-state index contributed by atoms with van der Waals surface area (Å²) in [6.07, 6.45) is 0.370. The van der Waals surface area contributed by atoms with Crippen molar-refractivity contribution in [3.63, 3.8) is 0 Å². The molecule has 0 atom stereocenters. The molecule has 0 unspecified atom stereocenters. The molecule has 0 aromatic carbocycles. The first-order valence-corrected chi connectivity index (χ1v) is 7.52. The van der Waals surface area contributed by atoms with E-state index in [1.54, 1.807) is 0 Å². The van der Waals surface area contributed by atoms with Crippen LogP contribution in [0.5, 0.6) is 0 Å². The van der Waals surface area contributed by atoms with Crippen LogP contribution in [0.2, 0.25) is 0 Å². The standard InChI is InChI=1S/C17H33NO2/c1-12(2)14(20)17(8,9)16(6,7)10-13(19)18-11-15(3,4)5/h12H,10-11H2,1-9H3,(H,18,19). The number of carbonyl (C=O) groups is 2. The fourth-order valence-electron chi connectivity index (χ4n) is 2.10. The summed E-state index contributed by atoms with van der Waals surface area (Å²) in [5, 5.41) is 2.97. The first-order chi connectivity index (χ1) is 8.71. The van der Waals surface area contributed by atoms with Crippen LogP contribution in [0.3, 0.4) is 0 Å². The summed E-state index contributed by atoms with van der Waals surface area (Å²) in [4.78, 5) is 24.5. The molecule has 0 spiro atoms. The number of ketones is 1. The summed E-state index contributed by atoms with van der Waals surface area (Å²) in [5.74, 6) is 0.225. The molecule has 1 N–H and O–H groups in total. The van der Waals surface area contributed by atoms with Gasteiger partial charge in [0.2, 0.25) is 5.91 Å². The van der Waals surface area contributed by atoms with Crippen LogP contribution in [0.15, 0.2) is 0 Å². The molecule has 0 aromatic rings. The monoisotopic (exact) mass is 283 g/mol. The molecule has 118 valence electrons. The molecule has 3 heteroatoms. The van der Waals surface area contributed by atoms with Gasteiger partial charge in [0.1, 0.15) is 5.78 Å². The van der Waals surface area contributed by atoms with Gasteiger partial charge in [-0.2, -0.15) is 0 Å². The van der Waals surface area contributed by atoms with Crippen molar-refractivity contribution in [2.75, 3.05) is 6.54 Å². The molecular formula is C17H33NO2. The van der Waals surface area contributed by atoms with Crippen molar-refractivity contribution in [1.29, 1.82) is 0 Å². The molecular weight excluding hydrogens is 250 g/mol. The summed E-state index contributed by atoms with van der Waals surface area (Å²) in [6.45, 7) is 18.7. The van der Waals surface area contributed by atoms with Gasteiger partial charge in [-0.15, -0.1) is 0 Å². The van der Waals surface area contributed by atoms with Gasteiger partial charge >= 0.3 is 0 Å². The van der Waals surface area contributed by atoms with E-state index in [9.17, 15) is 9.59 Å². The third-order valence-electron chi connectivity index (χ3n) is 4.25. The Labute approximate surface area is 124 Å². The summed E-state index contributed by atoms with van der Waals surface area (Å²) in [5.41, 5.74) is -0.806. The number of hydrogen-bond donors (Lipinski definition) is 1. The lowest BCUT2D eigenvalue weighted by Crippen LogP contribution is -2.45. The number of nitrogens with one attached hydrogen (secondary N) is 1. The molecule has 0 rings (SSSR count). The van der Waals surface area contributed by atoms with Gasteiger partial charge in [0.25, 0.3) is 0 Å². The minimum absolute atomic E-state index is 0.0121. The highest BCUT2D eigenvalue weighted by atomic mass is 16.1. The van der Waals surface area contributed by atoms with Crippen molar-refractivity contribution < 1.29 is 9.59 Å². The van der Waals surface area contributed by atoms with Crippen LogP contribution in [0.1, 0.15) is 68.7 Å². The quantitative estimate of drug-likeness (QED) is 0.805. The van der Waals surface area contributed by atoms with Crippen molar-refractivity contribution in [3.8, 4) is 0 Å². The van der Waals surface area contributed by atoms with Crippen molar-refractivity contribution in [1.82, 2.24) is 5.32 Å². The van der Waals surface area contributed by atoms with Crippen molar-refractivity contribution in [2.45, 2.75) is 68.7 Å². The maximum absolute atomic E-state index is 12.4. The zero-order chi connectivity index (χ0) is 16.4. The number of Topliss-reactive ketones (excluding diaryl/α,β-unsaturated/α-hetero) is 1. The first kappa shape index (κ1) is 19.1. The molecule has 0 aliphatic heterocycles. The molecule has 20 heavy (non-hydrogen) atoms. The third-order valence-corrected chi connectivity index (χ3v) is 4.25. The molecule has 0 heterocycles. The Morgan fingerprint density at radius 1 is 0.950 bits per heavy atom. The van der Waals surface area contributed by atoms with Gasteiger partial charge in [0.05, 0.1) is 0 Å². The van der Waals surface area contributed by atoms with Gasteiger partial charge in [0, 0.05) is 24.3 Å². The Bertz CT molecular complexity index is 360. The maximum atomic E-state index is 12.4. The molecule has 0 saturated heterocycles. The summed E-state index contributed by atoms with van der Waals surface area (Å²) >= 11 is 0. The van der Waals surface area contributed by atoms with E-state index < -0.39 is 5.41 Å². The van der Waals surface area contributed by atoms with E-state index in [0.29, 0.717) is 13.0 Å². The molecule has 0 bridgehead atoms. The average molecular weight is 283 g/mol. The van der Waals surface area contributed by atoms with E-state index >= 15 is 0 Å². The minimum atomic E-state index is -0.514. The Morgan fingerprint density at radius 3 is 1.75 bits per heavy atom. The van der Waals surface area contributed by atoms with Gasteiger partial charge in [-0.1, -0.05) is 62.3 Å². The lowest BCUT2D eigenvalue weighted by atomic mass is 9.62. The van der Waals surface area contributed by atoms with Gasteiger partial charge in [-0.25, -0.2) is 0 Å². The van der Waals surface area contributed by atoms with Gasteiger partial charge in [-0.3, -0.25) is 9.59 Å². The molecule has 0 fully saturated rings. The maximum Gasteiger partial charge on any atom is 0.220 e. The SMILES string of the molecule is CC(C)C(=O)C(C)(C)C(C)(C)CC(=O)NCC(C)(C)C. The highest BCUT2D eigenvalue weighted by molar-refractivity contribution is 5.87. The van der Waals surface area contributed by atoms with Crippen LogP contribution in [0.4, 0.5) is 0 Å². The normalized spacial score (nSPS) is 13.5. The molecule has 0 aliphatic carbocycles. The highest BCUT2D eigenvalue weighted by Crippen LogP contribution is 2.43. The van der Waals surface area contributed by atoms with E-state index in [1.165, 1.54) is 0 Å². The van der Waals surface area contributed by atoms with E-state index in [2.05, 4.69) is 26.1 Å². The molecule has 0 radical (unpaired) electrons. The summed E-state index contributed by atoms with van der Waals surface area (Å²) < 4.78 is 0. The number of rotatable bonds is 6. The van der Waals surface area contributed by atoms with Crippen molar-refractivity contribution in [3.05, 3.63) is 0 Å². The highest BCUT2D eigenvalue weighted by Gasteiger charge is 2.44. The average Bonchev–Trinajstić information content (AvgIpc) is 2.23. The van der Waals surface area contributed by atoms with E-state index in [0.717, 1.165) is 0 Å². The third kappa shape index (κ3) is 5.26. The first-order valence-electron chi connectivity index (χ1n) is 7.52. The number of amides is 1. The van der Waals surface area contributed by atoms with Crippen LogP contribution in [0, 0.1) is 22.2 Å². The van der Waals surface area contributed by atoms with E-state index in [-0.39, 0.29) is 28.4 Å². The van der Waals surface area contributed by atoms with Crippen molar-refractivity contribution in [2.24, 2.45) is 22.2 Å². The van der Waals surface area contributed by atoms with Crippen LogP contribution in [-0.2, 0) is 9.59 Å². The number of hydrogen-bond acceptors (Lipinski definition) is 2. The Hall–Kier alpha value is -0.860. The zero-order valence-corrected chi connectivity index (χ0v) is 14.8. The molecule has 3 nitrogen and oxygen atoms in total. The van der Waals surface area contributed by atoms with Crippen LogP contribution in [0.25, 0.3) is 0 Å². The lowest BCUT2D eigenvalue weighted by molar-refractivity contribution is -0.138. The topological polar surface area (TPSA) is 46.2 Å². The van der Waals surface area contributed by atoms with Gasteiger partial charge in [-0.05, 0) is 10.8 Å². The zero-order valence-electron chi connectivity index (χ0n) is 14.8. The van der Waals surface area contributed by atoms with Crippen LogP contribution in [-0.4, -0.2) is 18.2 Å². The van der Waals surface area contributed by atoms with E-state index in [4.69, 9.17) is 0 Å². The molecule has 0 saturated carbocycles. The van der Waals surface area contributed by atoms with Gasteiger partial charge in [0.15, 0.2) is 0 Å². The van der Waals surface area contributed by atoms with Crippen LogP contribution >= 0.6 is 0 Å². The smallest absolute Gasteiger partial charge is 0.220 e. The predicted molar refractivity (Wildman–Crippen MR) is 84.5 cm³/mol. The minimum Gasteiger partial charge on any atom is -0.356 e. The lowest BCUT2D eigenvalue weighted by Gasteiger charge is -2.41. The Balaban J connectivity index is 4.81. The molecule has 0 aliphatic rings. The fraction of sp³-hybridized carbons (Fsp3) is 0.882. The Kier molecular flexibility index (Phi) is 6.01. The molecule has 0 aromatic heterocycles.